The second kappa shape index (κ2) is 6.20. The van der Waals surface area contributed by atoms with Gasteiger partial charge in [-0.2, -0.15) is 0 Å². The molecule has 1 aromatic rings. The Morgan fingerprint density at radius 3 is 2.93 bits per heavy atom. The molecule has 0 spiro atoms. The first kappa shape index (κ1) is 12.6. The molecule has 1 aromatic carbocycles. The second-order valence-electron chi connectivity index (χ2n) is 3.41. The van der Waals surface area contributed by atoms with Crippen LogP contribution in [-0.4, -0.2) is 19.8 Å². The van der Waals surface area contributed by atoms with Gasteiger partial charge in [-0.25, -0.2) is 4.39 Å². The highest BCUT2D eigenvalue weighted by molar-refractivity contribution is 9.10. The Morgan fingerprint density at radius 2 is 2.27 bits per heavy atom. The van der Waals surface area contributed by atoms with Crippen LogP contribution in [0.5, 0.6) is 0 Å². The summed E-state index contributed by atoms with van der Waals surface area (Å²) in [6.45, 7) is 3.19. The predicted octanol–water partition coefficient (Wildman–Crippen LogP) is 2.71. The zero-order valence-corrected chi connectivity index (χ0v) is 10.5. The van der Waals surface area contributed by atoms with E-state index < -0.39 is 0 Å². The SMILES string of the molecule is COC(C)CNCc1cc(Br)ccc1F. The van der Waals surface area contributed by atoms with Gasteiger partial charge >= 0.3 is 0 Å². The number of benzene rings is 1. The Balaban J connectivity index is 2.46. The van der Waals surface area contributed by atoms with Crippen molar-refractivity contribution in [1.29, 1.82) is 0 Å². The molecular weight excluding hydrogens is 261 g/mol. The van der Waals surface area contributed by atoms with E-state index in [9.17, 15) is 4.39 Å². The van der Waals surface area contributed by atoms with E-state index in [0.717, 1.165) is 4.47 Å². The molecular formula is C11H15BrFNO. The minimum Gasteiger partial charge on any atom is -0.380 e. The Kier molecular flexibility index (Phi) is 5.22. The van der Waals surface area contributed by atoms with Crippen LogP contribution in [-0.2, 0) is 11.3 Å². The maximum atomic E-state index is 13.3. The number of nitrogens with one attached hydrogen (secondary N) is 1. The van der Waals surface area contributed by atoms with Gasteiger partial charge in [0.05, 0.1) is 6.10 Å². The lowest BCUT2D eigenvalue weighted by Gasteiger charge is -2.11. The fourth-order valence-electron chi connectivity index (χ4n) is 1.17. The largest absolute Gasteiger partial charge is 0.380 e. The van der Waals surface area contributed by atoms with Crippen LogP contribution < -0.4 is 5.32 Å². The molecule has 0 amide bonds. The number of halogens is 2. The lowest BCUT2D eigenvalue weighted by atomic mass is 10.2. The molecule has 2 nitrogen and oxygen atoms in total. The highest BCUT2D eigenvalue weighted by atomic mass is 79.9. The topological polar surface area (TPSA) is 21.3 Å². The molecule has 15 heavy (non-hydrogen) atoms. The molecule has 0 saturated carbocycles. The van der Waals surface area contributed by atoms with Crippen molar-refractivity contribution in [1.82, 2.24) is 5.32 Å². The first-order valence-electron chi connectivity index (χ1n) is 4.81. The summed E-state index contributed by atoms with van der Waals surface area (Å²) in [7, 11) is 1.66. The van der Waals surface area contributed by atoms with Gasteiger partial charge in [-0.1, -0.05) is 15.9 Å². The fraction of sp³-hybridized carbons (Fsp3) is 0.455. The van der Waals surface area contributed by atoms with Crippen molar-refractivity contribution in [3.05, 3.63) is 34.1 Å². The van der Waals surface area contributed by atoms with Gasteiger partial charge in [0.1, 0.15) is 5.82 Å². The quantitative estimate of drug-likeness (QED) is 0.892. The summed E-state index contributed by atoms with van der Waals surface area (Å²) in [5.74, 6) is -0.184. The van der Waals surface area contributed by atoms with Gasteiger partial charge in [-0.05, 0) is 25.1 Å². The minimum atomic E-state index is -0.184. The highest BCUT2D eigenvalue weighted by Crippen LogP contribution is 2.15. The third-order valence-electron chi connectivity index (χ3n) is 2.16. The summed E-state index contributed by atoms with van der Waals surface area (Å²) in [4.78, 5) is 0. The van der Waals surface area contributed by atoms with Gasteiger partial charge in [0.2, 0.25) is 0 Å². The van der Waals surface area contributed by atoms with Crippen LogP contribution in [0.25, 0.3) is 0 Å². The number of ether oxygens (including phenoxy) is 1. The molecule has 1 atom stereocenters. The molecule has 1 N–H and O–H groups in total. The lowest BCUT2D eigenvalue weighted by Crippen LogP contribution is -2.25. The molecule has 0 heterocycles. The van der Waals surface area contributed by atoms with E-state index in [1.165, 1.54) is 6.07 Å². The summed E-state index contributed by atoms with van der Waals surface area (Å²) < 4.78 is 19.2. The Morgan fingerprint density at radius 1 is 1.53 bits per heavy atom. The standard InChI is InChI=1S/C11H15BrFNO/c1-8(15-2)6-14-7-9-5-10(12)3-4-11(9)13/h3-5,8,14H,6-7H2,1-2H3. The molecule has 1 rings (SSSR count). The zero-order chi connectivity index (χ0) is 11.3. The summed E-state index contributed by atoms with van der Waals surface area (Å²) in [5.41, 5.74) is 0.660. The molecule has 0 aliphatic carbocycles. The van der Waals surface area contributed by atoms with E-state index >= 15 is 0 Å². The van der Waals surface area contributed by atoms with Crippen LogP contribution >= 0.6 is 15.9 Å². The second-order valence-corrected chi connectivity index (χ2v) is 4.33. The Labute approximate surface area is 98.0 Å². The first-order valence-corrected chi connectivity index (χ1v) is 5.60. The van der Waals surface area contributed by atoms with Crippen LogP contribution in [0.2, 0.25) is 0 Å². The Bertz CT molecular complexity index is 319. The Hall–Kier alpha value is -0.450. The number of rotatable bonds is 5. The number of hydrogen-bond acceptors (Lipinski definition) is 2. The lowest BCUT2D eigenvalue weighted by molar-refractivity contribution is 0.117. The zero-order valence-electron chi connectivity index (χ0n) is 8.89. The van der Waals surface area contributed by atoms with E-state index in [4.69, 9.17) is 4.74 Å². The van der Waals surface area contributed by atoms with Gasteiger partial charge in [-0.3, -0.25) is 0 Å². The average Bonchev–Trinajstić information content (AvgIpc) is 2.23. The van der Waals surface area contributed by atoms with Gasteiger partial charge < -0.3 is 10.1 Å². The van der Waals surface area contributed by atoms with E-state index in [0.29, 0.717) is 18.7 Å². The van der Waals surface area contributed by atoms with Crippen LogP contribution in [0.4, 0.5) is 4.39 Å². The molecule has 0 aliphatic rings. The molecule has 4 heteroatoms. The van der Waals surface area contributed by atoms with Crippen molar-refractivity contribution in [3.63, 3.8) is 0 Å². The van der Waals surface area contributed by atoms with Crippen molar-refractivity contribution in [2.24, 2.45) is 0 Å². The van der Waals surface area contributed by atoms with Crippen molar-refractivity contribution in [3.8, 4) is 0 Å². The van der Waals surface area contributed by atoms with E-state index in [1.807, 2.05) is 6.92 Å². The maximum Gasteiger partial charge on any atom is 0.127 e. The average molecular weight is 276 g/mol. The summed E-state index contributed by atoms with van der Waals surface area (Å²) in [6, 6.07) is 4.93. The molecule has 84 valence electrons. The van der Waals surface area contributed by atoms with Gasteiger partial charge in [0, 0.05) is 30.2 Å². The smallest absolute Gasteiger partial charge is 0.127 e. The highest BCUT2D eigenvalue weighted by Gasteiger charge is 2.03. The molecule has 0 aromatic heterocycles. The summed E-state index contributed by atoms with van der Waals surface area (Å²) >= 11 is 3.31. The fourth-order valence-corrected chi connectivity index (χ4v) is 1.58. The monoisotopic (exact) mass is 275 g/mol. The van der Waals surface area contributed by atoms with Crippen molar-refractivity contribution < 1.29 is 9.13 Å². The molecule has 0 aliphatic heterocycles. The van der Waals surface area contributed by atoms with E-state index in [2.05, 4.69) is 21.2 Å². The van der Waals surface area contributed by atoms with Gasteiger partial charge in [0.25, 0.3) is 0 Å². The van der Waals surface area contributed by atoms with Crippen LogP contribution in [0.3, 0.4) is 0 Å². The number of methoxy groups -OCH3 is 1. The van der Waals surface area contributed by atoms with Crippen molar-refractivity contribution >= 4 is 15.9 Å². The van der Waals surface area contributed by atoms with Crippen molar-refractivity contribution in [2.75, 3.05) is 13.7 Å². The molecule has 0 saturated heterocycles. The first-order chi connectivity index (χ1) is 7.13. The van der Waals surface area contributed by atoms with E-state index in [1.54, 1.807) is 19.2 Å². The van der Waals surface area contributed by atoms with E-state index in [-0.39, 0.29) is 11.9 Å². The van der Waals surface area contributed by atoms with Crippen molar-refractivity contribution in [2.45, 2.75) is 19.6 Å². The predicted molar refractivity (Wildman–Crippen MR) is 62.3 cm³/mol. The molecule has 0 bridgehead atoms. The summed E-state index contributed by atoms with van der Waals surface area (Å²) in [5, 5.41) is 3.13. The summed E-state index contributed by atoms with van der Waals surface area (Å²) in [6.07, 6.45) is 0.139. The minimum absolute atomic E-state index is 0.139. The molecule has 0 fully saturated rings. The third-order valence-corrected chi connectivity index (χ3v) is 2.65. The van der Waals surface area contributed by atoms with Gasteiger partial charge in [0.15, 0.2) is 0 Å². The normalized spacial score (nSPS) is 12.8. The van der Waals surface area contributed by atoms with Crippen LogP contribution in [0.15, 0.2) is 22.7 Å². The maximum absolute atomic E-state index is 13.3. The van der Waals surface area contributed by atoms with Gasteiger partial charge in [-0.15, -0.1) is 0 Å². The van der Waals surface area contributed by atoms with Crippen LogP contribution in [0.1, 0.15) is 12.5 Å². The third kappa shape index (κ3) is 4.28. The van der Waals surface area contributed by atoms with Crippen LogP contribution in [0, 0.1) is 5.82 Å². The molecule has 1 unspecified atom stereocenters. The number of hydrogen-bond donors (Lipinski definition) is 1. The molecule has 0 radical (unpaired) electrons.